The minimum atomic E-state index is -1.09. The first-order valence-electron chi connectivity index (χ1n) is 40.8. The molecule has 116 heavy (non-hydrogen) atoms. The number of nitrogens with zero attached hydrogens (tertiary/aromatic N) is 7. The van der Waals surface area contributed by atoms with Gasteiger partial charge in [0, 0.05) is 107 Å². The molecule has 1 aliphatic carbocycles. The first-order chi connectivity index (χ1) is 54.4. The summed E-state index contributed by atoms with van der Waals surface area (Å²) < 4.78 is 0. The number of nitrogens with one attached hydrogen (secondary N) is 6. The highest BCUT2D eigenvalue weighted by Gasteiger charge is 2.41. The Morgan fingerprint density at radius 3 is 0.784 bits per heavy atom. The Morgan fingerprint density at radius 1 is 0.302 bits per heavy atom. The molecule has 16 unspecified atom stereocenters. The molecule has 8 aliphatic rings. The van der Waals surface area contributed by atoms with Gasteiger partial charge in [0.1, 0.15) is 24.2 Å². The highest BCUT2D eigenvalue weighted by atomic mass is 16.8. The van der Waals surface area contributed by atoms with Crippen LogP contribution in [0.2, 0.25) is 0 Å². The molecule has 0 spiro atoms. The Labute approximate surface area is 677 Å². The van der Waals surface area contributed by atoms with E-state index in [2.05, 4.69) is 102 Å². The summed E-state index contributed by atoms with van der Waals surface area (Å²) in [6.45, 7) is 29.5. The molecule has 7 heterocycles. The van der Waals surface area contributed by atoms with Gasteiger partial charge in [0.2, 0.25) is 35.4 Å². The lowest BCUT2D eigenvalue weighted by molar-refractivity contribution is -0.200. The molecule has 37 nitrogen and oxygen atoms in total. The second-order valence-corrected chi connectivity index (χ2v) is 32.4. The number of Topliss-reactive ketones (excluding diaryl/α,β-unsaturated/α-hetero) is 2. The third kappa shape index (κ3) is 29.6. The highest BCUT2D eigenvalue weighted by Crippen LogP contribution is 2.37. The van der Waals surface area contributed by atoms with E-state index >= 15 is 0 Å². The van der Waals surface area contributed by atoms with E-state index in [1.165, 1.54) is 48.0 Å². The third-order valence-electron chi connectivity index (χ3n) is 22.6. The predicted octanol–water partition coefficient (Wildman–Crippen LogP) is 2.84. The second-order valence-electron chi connectivity index (χ2n) is 32.4. The average Bonchev–Trinajstić information content (AvgIpc) is 1.66. The summed E-state index contributed by atoms with van der Waals surface area (Å²) in [7, 11) is 0. The number of piperidine rings is 3. The van der Waals surface area contributed by atoms with Gasteiger partial charge >= 0.3 is 23.9 Å². The van der Waals surface area contributed by atoms with Crippen molar-refractivity contribution < 1.29 is 115 Å². The van der Waals surface area contributed by atoms with Crippen molar-refractivity contribution in [1.82, 2.24) is 66.9 Å². The molecule has 0 aromatic heterocycles. The van der Waals surface area contributed by atoms with Crippen LogP contribution in [0.1, 0.15) is 258 Å². The molecule has 648 valence electrons. The summed E-state index contributed by atoms with van der Waals surface area (Å²) in [5.74, 6) is -11.2. The maximum absolute atomic E-state index is 12.4. The predicted molar refractivity (Wildman–Crippen MR) is 411 cm³/mol. The van der Waals surface area contributed by atoms with Crippen LogP contribution in [0.4, 0.5) is 0 Å². The third-order valence-corrected chi connectivity index (χ3v) is 22.6. The van der Waals surface area contributed by atoms with Crippen molar-refractivity contribution in [2.75, 3.05) is 19.6 Å². The van der Waals surface area contributed by atoms with Gasteiger partial charge in [-0.25, -0.2) is 19.2 Å². The fraction of sp³-hybridized carbons (Fsp3) is 0.747. The summed E-state index contributed by atoms with van der Waals surface area (Å²) in [6, 6.07) is -3.47. The van der Waals surface area contributed by atoms with Crippen molar-refractivity contribution in [2.24, 2.45) is 29.6 Å². The minimum Gasteiger partial charge on any atom is -0.345 e. The quantitative estimate of drug-likeness (QED) is 0.0342. The van der Waals surface area contributed by atoms with Crippen LogP contribution in [0.3, 0.4) is 0 Å². The molecule has 8 fully saturated rings. The highest BCUT2D eigenvalue weighted by molar-refractivity contribution is 6.05. The molecule has 0 radical (unpaired) electrons. The van der Waals surface area contributed by atoms with Crippen LogP contribution in [0.15, 0.2) is 0 Å². The van der Waals surface area contributed by atoms with Crippen molar-refractivity contribution in [1.29, 1.82) is 0 Å². The van der Waals surface area contributed by atoms with Crippen LogP contribution in [-0.4, -0.2) is 245 Å². The van der Waals surface area contributed by atoms with Gasteiger partial charge in [-0.3, -0.25) is 91.4 Å². The van der Waals surface area contributed by atoms with E-state index in [4.69, 9.17) is 19.4 Å². The molecule has 16 atom stereocenters. The number of likely N-dealkylation sites (tertiary alicyclic amines) is 3. The zero-order valence-electron chi connectivity index (χ0n) is 70.1. The Bertz CT molecular complexity index is 3070. The van der Waals surface area contributed by atoms with E-state index < -0.39 is 131 Å². The van der Waals surface area contributed by atoms with E-state index in [1.807, 2.05) is 0 Å². The summed E-state index contributed by atoms with van der Waals surface area (Å²) in [5.41, 5.74) is 0. The van der Waals surface area contributed by atoms with E-state index in [0.29, 0.717) is 80.7 Å². The number of amides is 14. The van der Waals surface area contributed by atoms with Gasteiger partial charge in [0.05, 0.1) is 43.6 Å². The number of imide groups is 4. The number of ketones is 2. The largest absolute Gasteiger partial charge is 0.354 e. The van der Waals surface area contributed by atoms with E-state index in [9.17, 15) is 95.9 Å². The maximum atomic E-state index is 12.4. The molecule has 0 aromatic rings. The first kappa shape index (κ1) is 97.1. The first-order valence-corrected chi connectivity index (χ1v) is 40.8. The van der Waals surface area contributed by atoms with E-state index in [1.54, 1.807) is 13.8 Å². The van der Waals surface area contributed by atoms with Crippen molar-refractivity contribution in [3.63, 3.8) is 0 Å². The van der Waals surface area contributed by atoms with Gasteiger partial charge in [-0.1, -0.05) is 66.2 Å². The number of hydroxylamine groups is 8. The van der Waals surface area contributed by atoms with Gasteiger partial charge in [0.25, 0.3) is 47.3 Å². The Morgan fingerprint density at radius 2 is 0.526 bits per heavy atom. The lowest BCUT2D eigenvalue weighted by Crippen LogP contribution is -2.54. The van der Waals surface area contributed by atoms with Gasteiger partial charge in [0.15, 0.2) is 11.6 Å². The summed E-state index contributed by atoms with van der Waals surface area (Å²) in [6.07, 6.45) is 13.2. The molecular formula is C79H123N13O24. The normalized spacial score (nSPS) is 25.3. The Hall–Kier alpha value is -9.52. The fourth-order valence-electron chi connectivity index (χ4n) is 14.9. The average molecular weight is 1650 g/mol. The molecule has 0 bridgehead atoms. The molecule has 8 rings (SSSR count). The number of carbonyl (C=O) groups is 20. The van der Waals surface area contributed by atoms with Crippen LogP contribution in [0.25, 0.3) is 0 Å². The van der Waals surface area contributed by atoms with E-state index in [0.717, 1.165) is 70.6 Å². The smallest absolute Gasteiger partial charge is 0.345 e. The molecule has 0 aromatic carbocycles. The minimum absolute atomic E-state index is 0.00581. The van der Waals surface area contributed by atoms with Crippen LogP contribution in [0, 0.1) is 29.6 Å². The SMILES string of the molecule is CC(N[13C](=O)CN1C(C)CCCC1C)[13C](=O)CC(C)[13C](=O)ON1C(=O)CCC1=O.CC([15NH]C(=O)C[15N]1C(C)CCCC1C)C(=O)[15NH]C(C)C(=O)ON1C(=O)CCC1=O.CC([15NH][13C](=O)CC1C(C)CCCC1C)C(=O)[15NH]C(C)C(=O)ON1C(=O)CCC1=O.CC([15NH][13C](=O)CN1C(C)CCCC1C)C(=O)CC(C)[13C](=O)ON1C(=O)CCC1=O. The zero-order chi connectivity index (χ0) is 86.9. The monoisotopic (exact) mass is 1650 g/mol. The van der Waals surface area contributed by atoms with Crippen LogP contribution >= 0.6 is 0 Å². The zero-order valence-corrected chi connectivity index (χ0v) is 70.1. The number of hydrogen-bond acceptors (Lipinski definition) is 27. The van der Waals surface area contributed by atoms with Crippen molar-refractivity contribution in [3.05, 3.63) is 0 Å². The van der Waals surface area contributed by atoms with Crippen molar-refractivity contribution in [2.45, 2.75) is 331 Å². The Balaban J connectivity index is 0.000000276. The summed E-state index contributed by atoms with van der Waals surface area (Å²) in [4.78, 5) is 265. The van der Waals surface area contributed by atoms with E-state index in [-0.39, 0.29) is 119 Å². The fourth-order valence-corrected chi connectivity index (χ4v) is 14.9. The van der Waals surface area contributed by atoms with Crippen LogP contribution in [0.5, 0.6) is 0 Å². The molecule has 6 N–H and O–H groups in total. The van der Waals surface area contributed by atoms with Crippen LogP contribution in [-0.2, 0) is 115 Å². The molecule has 14 amide bonds. The van der Waals surface area contributed by atoms with Gasteiger partial charge in [-0.15, -0.1) is 20.3 Å². The maximum Gasteiger partial charge on any atom is 0.354 e. The van der Waals surface area contributed by atoms with Gasteiger partial charge in [-0.05, 0) is 139 Å². The van der Waals surface area contributed by atoms with Crippen molar-refractivity contribution >= 4 is 118 Å². The number of carbonyl (C=O) groups excluding carboxylic acids is 20. The number of rotatable bonds is 30. The summed E-state index contributed by atoms with van der Waals surface area (Å²) in [5, 5.41) is 17.4. The lowest BCUT2D eigenvalue weighted by atomic mass is 9.73. The topological polar surface area (TPSA) is 473 Å². The van der Waals surface area contributed by atoms with Crippen LogP contribution < -0.4 is 31.9 Å². The lowest BCUT2D eigenvalue weighted by Gasteiger charge is -2.38. The molecular weight excluding hydrogens is 1530 g/mol. The van der Waals surface area contributed by atoms with Gasteiger partial charge in [-0.2, -0.15) is 0 Å². The Kier molecular flexibility index (Phi) is 38.4. The molecule has 7 aliphatic heterocycles. The van der Waals surface area contributed by atoms with Gasteiger partial charge < -0.3 is 51.3 Å². The molecule has 1 saturated carbocycles. The molecule has 7 saturated heterocycles. The van der Waals surface area contributed by atoms with Crippen molar-refractivity contribution in [3.8, 4) is 0 Å². The molecule has 37 heteroatoms. The number of hydrogen-bond donors (Lipinski definition) is 6. The second kappa shape index (κ2) is 45.8. The standard InChI is InChI=1S/3C20H31N3O6.C19H30N4O6/c2*1-12(20(28)29-23-18(26)8-9-19(23)27)10-16(24)15(4)21-17(25)11-22-13(2)6-5-7-14(22)3;1-11-6-5-7-12(2)15(11)10-16(24)21-13(3)19(27)22-14(4)20(28)29-23-17(25)8-9-18(23)26;1-11-6-5-7-12(2)22(11)10-15(24)20-13(3)18(27)21-14(4)19(28)29-23-16(25)8-9-17(23)26/h2*12-15H,5-11H2,1-4H3,(H,21,25);11-15H,5-10H2,1-4H3,(H,21,24)(H,22,27);11-14H,5-10H2,1-4H3,(H,20,24)(H,21,27)/i17+1,20+1,21+1;16+1,17+1,20+1;16+1,21+1,22+1;20+1,21+1,22+1. The summed E-state index contributed by atoms with van der Waals surface area (Å²) >= 11 is 0.